The number of hydrogen-bond acceptors (Lipinski definition) is 4. The topological polar surface area (TPSA) is 64.0 Å². The lowest BCUT2D eigenvalue weighted by Gasteiger charge is -2.20. The Morgan fingerprint density at radius 3 is 2.74 bits per heavy atom. The Kier molecular flexibility index (Phi) is 6.21. The Bertz CT molecular complexity index is 1490. The highest BCUT2D eigenvalue weighted by atomic mass is 32.2. The average molecular weight is 490 g/mol. The van der Waals surface area contributed by atoms with Gasteiger partial charge in [-0.3, -0.25) is 14.6 Å². The van der Waals surface area contributed by atoms with Gasteiger partial charge in [-0.2, -0.15) is 0 Å². The number of aromatic nitrogens is 2. The lowest BCUT2D eigenvalue weighted by Crippen LogP contribution is -2.32. The normalized spacial score (nSPS) is 14.5. The van der Waals surface area contributed by atoms with Crippen LogP contribution in [0.2, 0.25) is 0 Å². The number of amides is 1. The SMILES string of the molecule is Cc1cc(=O)c(C(=O)NCc2cccnc2)c2n1-c1ccccc1SC(c1ccc(F)cc1F)C2. The molecule has 2 aromatic heterocycles. The predicted octanol–water partition coefficient (Wildman–Crippen LogP) is 5.14. The average Bonchev–Trinajstić information content (AvgIpc) is 3.00. The number of nitrogens with zero attached hydrogens (tertiary/aromatic N) is 2. The molecule has 0 saturated heterocycles. The summed E-state index contributed by atoms with van der Waals surface area (Å²) in [6.45, 7) is 2.02. The Hall–Kier alpha value is -3.78. The van der Waals surface area contributed by atoms with E-state index in [-0.39, 0.29) is 18.5 Å². The molecule has 2 aromatic carbocycles. The van der Waals surface area contributed by atoms with Crippen LogP contribution < -0.4 is 10.7 Å². The van der Waals surface area contributed by atoms with E-state index >= 15 is 0 Å². The summed E-state index contributed by atoms with van der Waals surface area (Å²) in [5.74, 6) is -1.83. The molecule has 8 heteroatoms. The summed E-state index contributed by atoms with van der Waals surface area (Å²) < 4.78 is 30.4. The molecular formula is C27H21F2N3O2S. The van der Waals surface area contributed by atoms with Crippen molar-refractivity contribution in [3.05, 3.63) is 123 Å². The number of carbonyl (C=O) groups excluding carboxylic acids is 1. The smallest absolute Gasteiger partial charge is 0.257 e. The second-order valence-electron chi connectivity index (χ2n) is 8.30. The minimum Gasteiger partial charge on any atom is -0.348 e. The Balaban J connectivity index is 1.65. The van der Waals surface area contributed by atoms with Crippen LogP contribution in [0.15, 0.2) is 82.7 Å². The van der Waals surface area contributed by atoms with Crippen molar-refractivity contribution in [2.45, 2.75) is 30.0 Å². The summed E-state index contributed by atoms with van der Waals surface area (Å²) in [5, 5.41) is 2.35. The maximum atomic E-state index is 14.8. The van der Waals surface area contributed by atoms with Crippen LogP contribution in [0.1, 0.15) is 38.1 Å². The first-order chi connectivity index (χ1) is 16.9. The molecular weight excluding hydrogens is 468 g/mol. The van der Waals surface area contributed by atoms with Gasteiger partial charge in [0.2, 0.25) is 0 Å². The van der Waals surface area contributed by atoms with E-state index in [0.29, 0.717) is 17.0 Å². The molecule has 4 aromatic rings. The van der Waals surface area contributed by atoms with Crippen LogP contribution in [0.5, 0.6) is 0 Å². The Morgan fingerprint density at radius 1 is 1.14 bits per heavy atom. The van der Waals surface area contributed by atoms with Gasteiger partial charge < -0.3 is 9.88 Å². The number of nitrogens with one attached hydrogen (secondary N) is 1. The van der Waals surface area contributed by atoms with Crippen molar-refractivity contribution in [3.63, 3.8) is 0 Å². The van der Waals surface area contributed by atoms with Gasteiger partial charge in [0, 0.05) is 64.6 Å². The predicted molar refractivity (Wildman–Crippen MR) is 131 cm³/mol. The maximum Gasteiger partial charge on any atom is 0.257 e. The van der Waals surface area contributed by atoms with E-state index in [0.717, 1.165) is 22.2 Å². The van der Waals surface area contributed by atoms with Crippen molar-refractivity contribution in [1.29, 1.82) is 0 Å². The van der Waals surface area contributed by atoms with Gasteiger partial charge in [-0.15, -0.1) is 11.8 Å². The fourth-order valence-corrected chi connectivity index (χ4v) is 5.69. The summed E-state index contributed by atoms with van der Waals surface area (Å²) in [6.07, 6.45) is 3.48. The molecule has 0 radical (unpaired) electrons. The van der Waals surface area contributed by atoms with Gasteiger partial charge in [0.05, 0.1) is 5.69 Å². The number of benzene rings is 2. The van der Waals surface area contributed by atoms with Gasteiger partial charge >= 0.3 is 0 Å². The van der Waals surface area contributed by atoms with E-state index in [9.17, 15) is 18.4 Å². The van der Waals surface area contributed by atoms with Crippen molar-refractivity contribution < 1.29 is 13.6 Å². The largest absolute Gasteiger partial charge is 0.348 e. The van der Waals surface area contributed by atoms with E-state index in [4.69, 9.17) is 0 Å². The quantitative estimate of drug-likeness (QED) is 0.431. The fourth-order valence-electron chi connectivity index (χ4n) is 4.39. The summed E-state index contributed by atoms with van der Waals surface area (Å²) in [7, 11) is 0. The first kappa shape index (κ1) is 23.0. The highest BCUT2D eigenvalue weighted by Gasteiger charge is 2.30. The standard InChI is InChI=1S/C27H21F2N3O2S/c1-16-11-23(33)26(27(34)31-15-17-5-4-10-30-14-17)22-13-25(19-9-8-18(28)12-20(19)29)35-24-7-3-2-6-21(24)32(16)22/h2-12,14,25H,13,15H2,1H3,(H,31,34). The molecule has 1 atom stereocenters. The number of halogens is 2. The number of aryl methyl sites for hydroxylation is 1. The van der Waals surface area contributed by atoms with Crippen LogP contribution in [0.3, 0.4) is 0 Å². The maximum absolute atomic E-state index is 14.8. The zero-order chi connectivity index (χ0) is 24.5. The highest BCUT2D eigenvalue weighted by Crippen LogP contribution is 2.45. The van der Waals surface area contributed by atoms with Crippen LogP contribution in [0.25, 0.3) is 5.69 Å². The van der Waals surface area contributed by atoms with Gasteiger partial charge in [0.25, 0.3) is 5.91 Å². The number of pyridine rings is 2. The minimum atomic E-state index is -0.661. The molecule has 1 N–H and O–H groups in total. The van der Waals surface area contributed by atoms with Crippen molar-refractivity contribution in [1.82, 2.24) is 14.9 Å². The molecule has 5 rings (SSSR count). The second-order valence-corrected chi connectivity index (χ2v) is 9.54. The van der Waals surface area contributed by atoms with Crippen LogP contribution >= 0.6 is 11.8 Å². The molecule has 3 heterocycles. The molecule has 1 amide bonds. The summed E-state index contributed by atoms with van der Waals surface area (Å²) in [6, 6.07) is 16.1. The Morgan fingerprint density at radius 2 is 1.97 bits per heavy atom. The zero-order valence-electron chi connectivity index (χ0n) is 18.8. The van der Waals surface area contributed by atoms with Gasteiger partial charge in [0.15, 0.2) is 5.43 Å². The van der Waals surface area contributed by atoms with Gasteiger partial charge in [-0.05, 0) is 36.8 Å². The van der Waals surface area contributed by atoms with Crippen molar-refractivity contribution in [2.75, 3.05) is 0 Å². The number of para-hydroxylation sites is 1. The van der Waals surface area contributed by atoms with Crippen LogP contribution in [0.4, 0.5) is 8.78 Å². The lowest BCUT2D eigenvalue weighted by molar-refractivity contribution is 0.0948. The third-order valence-corrected chi connectivity index (χ3v) is 7.27. The Labute approximate surface area is 204 Å². The van der Waals surface area contributed by atoms with E-state index < -0.39 is 28.2 Å². The third kappa shape index (κ3) is 4.49. The monoisotopic (exact) mass is 489 g/mol. The first-order valence-electron chi connectivity index (χ1n) is 11.1. The third-order valence-electron chi connectivity index (χ3n) is 5.96. The molecule has 0 saturated carbocycles. The minimum absolute atomic E-state index is 0.0179. The molecule has 35 heavy (non-hydrogen) atoms. The number of thioether (sulfide) groups is 1. The van der Waals surface area contributed by atoms with Gasteiger partial charge in [-0.1, -0.05) is 24.3 Å². The molecule has 5 nitrogen and oxygen atoms in total. The molecule has 1 aliphatic rings. The summed E-state index contributed by atoms with van der Waals surface area (Å²) in [4.78, 5) is 31.4. The molecule has 0 aliphatic carbocycles. The summed E-state index contributed by atoms with van der Waals surface area (Å²) >= 11 is 1.43. The second kappa shape index (κ2) is 9.46. The van der Waals surface area contributed by atoms with E-state index in [1.54, 1.807) is 18.5 Å². The number of carbonyl (C=O) groups is 1. The van der Waals surface area contributed by atoms with Gasteiger partial charge in [0.1, 0.15) is 17.2 Å². The fraction of sp³-hybridized carbons (Fsp3) is 0.148. The summed E-state index contributed by atoms with van der Waals surface area (Å²) in [5.41, 5.74) is 2.69. The van der Waals surface area contributed by atoms with E-state index in [1.807, 2.05) is 41.8 Å². The lowest BCUT2D eigenvalue weighted by atomic mass is 10.0. The van der Waals surface area contributed by atoms with E-state index in [1.165, 1.54) is 30.0 Å². The number of hydrogen-bond donors (Lipinski definition) is 1. The molecule has 176 valence electrons. The number of fused-ring (bicyclic) bond motifs is 3. The van der Waals surface area contributed by atoms with Gasteiger partial charge in [-0.25, -0.2) is 8.78 Å². The van der Waals surface area contributed by atoms with Crippen LogP contribution in [-0.4, -0.2) is 15.5 Å². The molecule has 0 fully saturated rings. The molecule has 0 bridgehead atoms. The molecule has 1 unspecified atom stereocenters. The highest BCUT2D eigenvalue weighted by molar-refractivity contribution is 7.99. The van der Waals surface area contributed by atoms with Crippen molar-refractivity contribution >= 4 is 17.7 Å². The first-order valence-corrected chi connectivity index (χ1v) is 11.9. The van der Waals surface area contributed by atoms with Crippen molar-refractivity contribution in [2.24, 2.45) is 0 Å². The van der Waals surface area contributed by atoms with Crippen LogP contribution in [0, 0.1) is 18.6 Å². The van der Waals surface area contributed by atoms with Crippen LogP contribution in [-0.2, 0) is 13.0 Å². The zero-order valence-corrected chi connectivity index (χ0v) is 19.6. The van der Waals surface area contributed by atoms with Crippen molar-refractivity contribution in [3.8, 4) is 5.69 Å². The molecule has 1 aliphatic heterocycles. The molecule has 0 spiro atoms. The van der Waals surface area contributed by atoms with E-state index in [2.05, 4.69) is 10.3 Å². The number of rotatable bonds is 4.